The Balaban J connectivity index is 2.07. The second kappa shape index (κ2) is 4.81. The predicted octanol–water partition coefficient (Wildman–Crippen LogP) is 2.85. The second-order valence-electron chi connectivity index (χ2n) is 3.85. The lowest BCUT2D eigenvalue weighted by atomic mass is 10.2. The minimum atomic E-state index is -0.224. The minimum absolute atomic E-state index is 0.224. The van der Waals surface area contributed by atoms with Crippen LogP contribution in [0.15, 0.2) is 56.4 Å². The molecule has 0 radical (unpaired) electrons. The molecule has 3 aromatic rings. The molecule has 0 spiro atoms. The third-order valence-electron chi connectivity index (χ3n) is 2.56. The van der Waals surface area contributed by atoms with Gasteiger partial charge in [-0.3, -0.25) is 4.79 Å². The van der Waals surface area contributed by atoms with Gasteiger partial charge in [-0.15, -0.1) is 0 Å². The number of pyridine rings is 1. The van der Waals surface area contributed by atoms with Crippen molar-refractivity contribution < 1.29 is 4.52 Å². The van der Waals surface area contributed by atoms with Crippen LogP contribution in [-0.2, 0) is 0 Å². The third kappa shape index (κ3) is 2.34. The second-order valence-corrected chi connectivity index (χ2v) is 4.70. The van der Waals surface area contributed by atoms with Gasteiger partial charge in [0.05, 0.1) is 5.56 Å². The molecule has 0 aliphatic rings. The first-order valence-corrected chi connectivity index (χ1v) is 6.31. The summed E-state index contributed by atoms with van der Waals surface area (Å²) in [5.41, 5.74) is 1.20. The lowest BCUT2D eigenvalue weighted by molar-refractivity contribution is 0.432. The maximum absolute atomic E-state index is 11.3. The highest BCUT2D eigenvalue weighted by atomic mass is 79.9. The highest BCUT2D eigenvalue weighted by Gasteiger charge is 2.13. The fourth-order valence-corrected chi connectivity index (χ4v) is 2.05. The van der Waals surface area contributed by atoms with E-state index < -0.39 is 0 Å². The van der Waals surface area contributed by atoms with Gasteiger partial charge < -0.3 is 9.51 Å². The number of hydrogen-bond acceptors (Lipinski definition) is 4. The van der Waals surface area contributed by atoms with Crippen LogP contribution in [-0.4, -0.2) is 15.1 Å². The van der Waals surface area contributed by atoms with Crippen molar-refractivity contribution in [3.8, 4) is 22.8 Å². The van der Waals surface area contributed by atoms with Crippen molar-refractivity contribution in [2.24, 2.45) is 0 Å². The van der Waals surface area contributed by atoms with Crippen LogP contribution < -0.4 is 5.56 Å². The molecule has 3 rings (SSSR count). The molecule has 0 saturated heterocycles. The van der Waals surface area contributed by atoms with E-state index in [1.165, 1.54) is 6.07 Å². The Kier molecular flexibility index (Phi) is 3.00. The largest absolute Gasteiger partial charge is 0.334 e. The van der Waals surface area contributed by atoms with E-state index in [1.807, 2.05) is 30.3 Å². The molecular formula is C13H8BrN3O2. The molecule has 0 bridgehead atoms. The molecule has 0 fully saturated rings. The quantitative estimate of drug-likeness (QED) is 0.788. The summed E-state index contributed by atoms with van der Waals surface area (Å²) in [4.78, 5) is 18.2. The molecule has 0 saturated carbocycles. The first-order valence-electron chi connectivity index (χ1n) is 5.52. The molecule has 0 atom stereocenters. The normalized spacial score (nSPS) is 10.6. The lowest BCUT2D eigenvalue weighted by Gasteiger charge is -1.96. The highest BCUT2D eigenvalue weighted by molar-refractivity contribution is 9.10. The zero-order valence-electron chi connectivity index (χ0n) is 9.63. The van der Waals surface area contributed by atoms with E-state index in [0.717, 1.165) is 5.56 Å². The van der Waals surface area contributed by atoms with E-state index in [-0.39, 0.29) is 5.56 Å². The van der Waals surface area contributed by atoms with Crippen molar-refractivity contribution in [1.82, 2.24) is 15.1 Å². The molecule has 2 aromatic heterocycles. The van der Waals surface area contributed by atoms with Gasteiger partial charge in [-0.25, -0.2) is 0 Å². The molecule has 5 nitrogen and oxygen atoms in total. The van der Waals surface area contributed by atoms with Gasteiger partial charge in [0.25, 0.3) is 5.89 Å². The van der Waals surface area contributed by atoms with Gasteiger partial charge in [-0.1, -0.05) is 35.5 Å². The Hall–Kier alpha value is -2.21. The highest BCUT2D eigenvalue weighted by Crippen LogP contribution is 2.26. The third-order valence-corrected chi connectivity index (χ3v) is 3.22. The summed E-state index contributed by atoms with van der Waals surface area (Å²) in [5.74, 6) is 0.791. The van der Waals surface area contributed by atoms with Crippen LogP contribution in [0.5, 0.6) is 0 Å². The minimum Gasteiger partial charge on any atom is -0.334 e. The molecule has 1 aromatic carbocycles. The van der Waals surface area contributed by atoms with E-state index in [0.29, 0.717) is 21.8 Å². The topological polar surface area (TPSA) is 71.8 Å². The van der Waals surface area contributed by atoms with Crippen molar-refractivity contribution in [2.45, 2.75) is 0 Å². The lowest BCUT2D eigenvalue weighted by Crippen LogP contribution is -2.03. The van der Waals surface area contributed by atoms with Gasteiger partial charge in [0, 0.05) is 22.3 Å². The van der Waals surface area contributed by atoms with E-state index >= 15 is 0 Å². The summed E-state index contributed by atoms with van der Waals surface area (Å²) in [6, 6.07) is 10.9. The number of nitrogens with zero attached hydrogens (tertiary/aromatic N) is 2. The number of hydrogen-bond donors (Lipinski definition) is 1. The summed E-state index contributed by atoms with van der Waals surface area (Å²) in [7, 11) is 0. The van der Waals surface area contributed by atoms with E-state index in [1.54, 1.807) is 6.20 Å². The summed E-state index contributed by atoms with van der Waals surface area (Å²) < 4.78 is 5.89. The van der Waals surface area contributed by atoms with Gasteiger partial charge in [0.1, 0.15) is 0 Å². The Bertz CT molecular complexity index is 765. The summed E-state index contributed by atoms with van der Waals surface area (Å²) in [6.07, 6.45) is 1.55. The Morgan fingerprint density at radius 2 is 2.00 bits per heavy atom. The zero-order chi connectivity index (χ0) is 13.2. The average Bonchev–Trinajstić information content (AvgIpc) is 2.92. The molecule has 19 heavy (non-hydrogen) atoms. The van der Waals surface area contributed by atoms with Crippen molar-refractivity contribution in [1.29, 1.82) is 0 Å². The van der Waals surface area contributed by atoms with Crippen molar-refractivity contribution in [2.75, 3.05) is 0 Å². The summed E-state index contributed by atoms with van der Waals surface area (Å²) >= 11 is 3.33. The number of aromatic nitrogens is 3. The first kappa shape index (κ1) is 11.9. The zero-order valence-corrected chi connectivity index (χ0v) is 11.2. The van der Waals surface area contributed by atoms with Gasteiger partial charge in [0.15, 0.2) is 0 Å². The van der Waals surface area contributed by atoms with E-state index in [9.17, 15) is 4.79 Å². The number of H-pyrrole nitrogens is 1. The summed E-state index contributed by atoms with van der Waals surface area (Å²) in [5, 5.41) is 3.91. The monoisotopic (exact) mass is 317 g/mol. The van der Waals surface area contributed by atoms with Crippen molar-refractivity contribution in [3.05, 3.63) is 57.4 Å². The molecule has 6 heteroatoms. The maximum Gasteiger partial charge on any atom is 0.259 e. The maximum atomic E-state index is 11.3. The molecule has 1 N–H and O–H groups in total. The van der Waals surface area contributed by atoms with E-state index in [2.05, 4.69) is 31.1 Å². The molecule has 0 unspecified atom stereocenters. The van der Waals surface area contributed by atoms with E-state index in [4.69, 9.17) is 4.52 Å². The molecule has 0 aliphatic carbocycles. The fraction of sp³-hybridized carbons (Fsp3) is 0. The number of aromatic amines is 1. The Morgan fingerprint density at radius 1 is 1.21 bits per heavy atom. The molecule has 0 aliphatic heterocycles. The van der Waals surface area contributed by atoms with Gasteiger partial charge >= 0.3 is 0 Å². The first-order chi connectivity index (χ1) is 9.24. The van der Waals surface area contributed by atoms with Gasteiger partial charge in [-0.2, -0.15) is 4.98 Å². The smallest absolute Gasteiger partial charge is 0.259 e. The number of nitrogens with one attached hydrogen (secondary N) is 1. The molecule has 94 valence electrons. The van der Waals surface area contributed by atoms with Crippen molar-refractivity contribution >= 4 is 15.9 Å². The SMILES string of the molecule is O=c1cc(-c2nc(-c3ccccc3)no2)c(Br)c[nH]1. The van der Waals surface area contributed by atoms with Gasteiger partial charge in [0.2, 0.25) is 11.4 Å². The number of rotatable bonds is 2. The van der Waals surface area contributed by atoms with Crippen LogP contribution >= 0.6 is 15.9 Å². The standard InChI is InChI=1S/C13H8BrN3O2/c14-10-7-15-11(18)6-9(10)13-16-12(17-19-13)8-4-2-1-3-5-8/h1-7H,(H,15,18). The molecular weight excluding hydrogens is 310 g/mol. The van der Waals surface area contributed by atoms with Crippen molar-refractivity contribution in [3.63, 3.8) is 0 Å². The van der Waals surface area contributed by atoms with Crippen LogP contribution in [0.1, 0.15) is 0 Å². The fourth-order valence-electron chi connectivity index (χ4n) is 1.66. The molecule has 2 heterocycles. The predicted molar refractivity (Wildman–Crippen MR) is 73.5 cm³/mol. The number of halogens is 1. The van der Waals surface area contributed by atoms with Crippen LogP contribution in [0.2, 0.25) is 0 Å². The molecule has 0 amide bonds. The Labute approximate surface area is 116 Å². The Morgan fingerprint density at radius 3 is 2.79 bits per heavy atom. The van der Waals surface area contributed by atoms with Gasteiger partial charge in [-0.05, 0) is 15.9 Å². The average molecular weight is 318 g/mol. The van der Waals surface area contributed by atoms with Crippen LogP contribution in [0.4, 0.5) is 0 Å². The van der Waals surface area contributed by atoms with Crippen LogP contribution in [0, 0.1) is 0 Å². The number of benzene rings is 1. The van der Waals surface area contributed by atoms with Crippen LogP contribution in [0.3, 0.4) is 0 Å². The summed E-state index contributed by atoms with van der Waals surface area (Å²) in [6.45, 7) is 0. The van der Waals surface area contributed by atoms with Crippen LogP contribution in [0.25, 0.3) is 22.8 Å².